The largest absolute Gasteiger partial charge is 0.469 e. The summed E-state index contributed by atoms with van der Waals surface area (Å²) in [5.41, 5.74) is 1.29. The number of esters is 1. The zero-order valence-electron chi connectivity index (χ0n) is 12.1. The van der Waals surface area contributed by atoms with Gasteiger partial charge >= 0.3 is 5.97 Å². The fraction of sp³-hybridized carbons (Fsp3) is 0.562. The lowest BCUT2D eigenvalue weighted by Gasteiger charge is -2.17. The first-order valence-electron chi connectivity index (χ1n) is 7.02. The minimum Gasteiger partial charge on any atom is -0.469 e. The lowest BCUT2D eigenvalue weighted by Crippen LogP contribution is -2.20. The molecule has 0 bridgehead atoms. The lowest BCUT2D eigenvalue weighted by atomic mass is 9.93. The van der Waals surface area contributed by atoms with Gasteiger partial charge in [-0.25, -0.2) is 0 Å². The third-order valence-corrected chi connectivity index (χ3v) is 3.83. The highest BCUT2D eigenvalue weighted by Crippen LogP contribution is 2.32. The van der Waals surface area contributed by atoms with E-state index < -0.39 is 0 Å². The van der Waals surface area contributed by atoms with E-state index in [9.17, 15) is 4.79 Å². The van der Waals surface area contributed by atoms with Crippen LogP contribution in [-0.2, 0) is 25.4 Å². The Morgan fingerprint density at radius 3 is 2.70 bits per heavy atom. The molecule has 0 aliphatic carbocycles. The predicted molar refractivity (Wildman–Crippen MR) is 75.2 cm³/mol. The standard InChI is InChI=1S/C16H22O4/c1-18-15(17)10-13-11-16(19-2)20-14(13)9-8-12-6-4-3-5-7-12/h3-7,13-14,16H,8-11H2,1-2H3/t13-,14-,16+/m0/s1. The van der Waals surface area contributed by atoms with E-state index in [1.807, 2.05) is 18.2 Å². The van der Waals surface area contributed by atoms with Crippen molar-refractivity contribution in [2.45, 2.75) is 38.1 Å². The van der Waals surface area contributed by atoms with Gasteiger partial charge in [0.05, 0.1) is 19.6 Å². The van der Waals surface area contributed by atoms with Gasteiger partial charge in [-0.2, -0.15) is 0 Å². The van der Waals surface area contributed by atoms with Gasteiger partial charge in [-0.05, 0) is 18.4 Å². The maximum absolute atomic E-state index is 11.5. The number of carbonyl (C=O) groups excluding carboxylic acids is 1. The first-order valence-corrected chi connectivity index (χ1v) is 7.02. The SMILES string of the molecule is COC(=O)C[C@H]1C[C@H](OC)O[C@H]1CCc1ccccc1. The molecule has 0 spiro atoms. The molecule has 2 rings (SSSR count). The zero-order chi connectivity index (χ0) is 14.4. The van der Waals surface area contributed by atoms with E-state index in [2.05, 4.69) is 12.1 Å². The predicted octanol–water partition coefficient (Wildman–Crippen LogP) is 2.56. The third kappa shape index (κ3) is 4.05. The number of hydrogen-bond donors (Lipinski definition) is 0. The van der Waals surface area contributed by atoms with E-state index >= 15 is 0 Å². The molecule has 4 nitrogen and oxygen atoms in total. The highest BCUT2D eigenvalue weighted by atomic mass is 16.7. The molecule has 1 saturated heterocycles. The summed E-state index contributed by atoms with van der Waals surface area (Å²) >= 11 is 0. The van der Waals surface area contributed by atoms with Crippen molar-refractivity contribution >= 4 is 5.97 Å². The van der Waals surface area contributed by atoms with Gasteiger partial charge in [0.15, 0.2) is 6.29 Å². The summed E-state index contributed by atoms with van der Waals surface area (Å²) < 4.78 is 15.9. The van der Waals surface area contributed by atoms with Crippen molar-refractivity contribution in [1.29, 1.82) is 0 Å². The van der Waals surface area contributed by atoms with Gasteiger partial charge in [-0.3, -0.25) is 4.79 Å². The van der Waals surface area contributed by atoms with Gasteiger partial charge in [-0.1, -0.05) is 30.3 Å². The van der Waals surface area contributed by atoms with E-state index in [-0.39, 0.29) is 24.3 Å². The number of aryl methyl sites for hydroxylation is 1. The summed E-state index contributed by atoms with van der Waals surface area (Å²) in [7, 11) is 3.06. The van der Waals surface area contributed by atoms with Crippen molar-refractivity contribution in [3.8, 4) is 0 Å². The van der Waals surface area contributed by atoms with Gasteiger partial charge in [0.1, 0.15) is 0 Å². The number of ether oxygens (including phenoxy) is 3. The Kier molecular flexibility index (Phi) is 5.56. The third-order valence-electron chi connectivity index (χ3n) is 3.83. The smallest absolute Gasteiger partial charge is 0.305 e. The monoisotopic (exact) mass is 278 g/mol. The second-order valence-electron chi connectivity index (χ2n) is 5.14. The quantitative estimate of drug-likeness (QED) is 0.750. The summed E-state index contributed by atoms with van der Waals surface area (Å²) in [5, 5.41) is 0. The number of carbonyl (C=O) groups is 1. The Morgan fingerprint density at radius 1 is 1.30 bits per heavy atom. The van der Waals surface area contributed by atoms with Crippen molar-refractivity contribution in [2.75, 3.05) is 14.2 Å². The minimum absolute atomic E-state index is 0.0549. The van der Waals surface area contributed by atoms with Crippen LogP contribution in [0.5, 0.6) is 0 Å². The van der Waals surface area contributed by atoms with E-state index in [0.29, 0.717) is 6.42 Å². The Bertz CT molecular complexity index is 418. The molecule has 110 valence electrons. The molecule has 0 saturated carbocycles. The van der Waals surface area contributed by atoms with Crippen molar-refractivity contribution in [2.24, 2.45) is 5.92 Å². The van der Waals surface area contributed by atoms with Crippen LogP contribution < -0.4 is 0 Å². The average Bonchev–Trinajstić information content (AvgIpc) is 2.88. The molecule has 0 radical (unpaired) electrons. The Hall–Kier alpha value is -1.39. The zero-order valence-corrected chi connectivity index (χ0v) is 12.1. The molecule has 0 aromatic heterocycles. The highest BCUT2D eigenvalue weighted by molar-refractivity contribution is 5.69. The summed E-state index contributed by atoms with van der Waals surface area (Å²) in [6.07, 6.45) is 2.84. The summed E-state index contributed by atoms with van der Waals surface area (Å²) in [5.74, 6) is -0.00354. The second-order valence-corrected chi connectivity index (χ2v) is 5.14. The van der Waals surface area contributed by atoms with Crippen LogP contribution in [0.2, 0.25) is 0 Å². The number of hydrogen-bond acceptors (Lipinski definition) is 4. The van der Waals surface area contributed by atoms with Crippen LogP contribution in [0.1, 0.15) is 24.8 Å². The molecule has 4 heteroatoms. The Labute approximate surface area is 120 Å². The van der Waals surface area contributed by atoms with Gasteiger partial charge in [0.25, 0.3) is 0 Å². The minimum atomic E-state index is -0.203. The summed E-state index contributed by atoms with van der Waals surface area (Å²) in [6, 6.07) is 10.3. The molecule has 1 heterocycles. The molecular formula is C16H22O4. The maximum Gasteiger partial charge on any atom is 0.305 e. The van der Waals surface area contributed by atoms with Crippen molar-refractivity contribution in [1.82, 2.24) is 0 Å². The maximum atomic E-state index is 11.5. The Balaban J connectivity index is 1.91. The van der Waals surface area contributed by atoms with Gasteiger partial charge in [0, 0.05) is 19.4 Å². The molecule has 1 aromatic carbocycles. The molecule has 0 amide bonds. The average molecular weight is 278 g/mol. The Morgan fingerprint density at radius 2 is 2.05 bits per heavy atom. The molecule has 1 aliphatic heterocycles. The molecule has 0 unspecified atom stereocenters. The molecule has 3 atom stereocenters. The van der Waals surface area contributed by atoms with Crippen LogP contribution in [0.15, 0.2) is 30.3 Å². The first-order chi connectivity index (χ1) is 9.72. The van der Waals surface area contributed by atoms with E-state index in [1.54, 1.807) is 7.11 Å². The van der Waals surface area contributed by atoms with Crippen molar-refractivity contribution in [3.63, 3.8) is 0 Å². The fourth-order valence-corrected chi connectivity index (χ4v) is 2.68. The lowest BCUT2D eigenvalue weighted by molar-refractivity contribution is -0.142. The van der Waals surface area contributed by atoms with E-state index in [0.717, 1.165) is 19.3 Å². The molecule has 1 aromatic rings. The summed E-state index contributed by atoms with van der Waals surface area (Å²) in [6.45, 7) is 0. The van der Waals surface area contributed by atoms with Gasteiger partial charge < -0.3 is 14.2 Å². The highest BCUT2D eigenvalue weighted by Gasteiger charge is 2.36. The van der Waals surface area contributed by atoms with Crippen LogP contribution in [0, 0.1) is 5.92 Å². The molecule has 20 heavy (non-hydrogen) atoms. The van der Waals surface area contributed by atoms with E-state index in [1.165, 1.54) is 12.7 Å². The van der Waals surface area contributed by atoms with Crippen LogP contribution in [0.4, 0.5) is 0 Å². The van der Waals surface area contributed by atoms with E-state index in [4.69, 9.17) is 14.2 Å². The number of rotatable bonds is 6. The van der Waals surface area contributed by atoms with Crippen LogP contribution in [0.3, 0.4) is 0 Å². The first kappa shape index (κ1) is 15.0. The van der Waals surface area contributed by atoms with Crippen molar-refractivity contribution in [3.05, 3.63) is 35.9 Å². The molecule has 1 fully saturated rings. The summed E-state index contributed by atoms with van der Waals surface area (Å²) in [4.78, 5) is 11.5. The number of benzene rings is 1. The van der Waals surface area contributed by atoms with Crippen LogP contribution in [-0.4, -0.2) is 32.6 Å². The molecule has 1 aliphatic rings. The van der Waals surface area contributed by atoms with Crippen LogP contribution >= 0.6 is 0 Å². The second kappa shape index (κ2) is 7.41. The molecule has 0 N–H and O–H groups in total. The normalized spacial score (nSPS) is 25.6. The topological polar surface area (TPSA) is 44.8 Å². The van der Waals surface area contributed by atoms with Crippen molar-refractivity contribution < 1.29 is 19.0 Å². The molecular weight excluding hydrogens is 256 g/mol. The van der Waals surface area contributed by atoms with Crippen LogP contribution in [0.25, 0.3) is 0 Å². The van der Waals surface area contributed by atoms with Gasteiger partial charge in [-0.15, -0.1) is 0 Å². The van der Waals surface area contributed by atoms with Gasteiger partial charge in [0.2, 0.25) is 0 Å². The fourth-order valence-electron chi connectivity index (χ4n) is 2.68. The number of methoxy groups -OCH3 is 2.